The van der Waals surface area contributed by atoms with Crippen LogP contribution >= 0.6 is 11.6 Å². The summed E-state index contributed by atoms with van der Waals surface area (Å²) in [5.74, 6) is -0.842. The van der Waals surface area contributed by atoms with Gasteiger partial charge >= 0.3 is 5.97 Å². The minimum atomic E-state index is -3.67. The highest BCUT2D eigenvalue weighted by Gasteiger charge is 2.25. The molecule has 0 spiro atoms. The third-order valence-electron chi connectivity index (χ3n) is 1.65. The molecule has 0 fully saturated rings. The maximum absolute atomic E-state index is 11.3. The summed E-state index contributed by atoms with van der Waals surface area (Å²) in [6, 6.07) is 0. The molecular formula is C7H9ClN2O4S. The monoisotopic (exact) mass is 252 g/mol. The summed E-state index contributed by atoms with van der Waals surface area (Å²) in [7, 11) is -2.54. The van der Waals surface area contributed by atoms with Crippen molar-refractivity contribution in [2.45, 2.75) is 6.92 Å². The Bertz CT molecular complexity index is 505. The lowest BCUT2D eigenvalue weighted by atomic mass is 10.4. The number of carbonyl (C=O) groups excluding carboxylic acids is 1. The Kier molecular flexibility index (Phi) is 3.05. The summed E-state index contributed by atoms with van der Waals surface area (Å²) in [6.45, 7) is 1.50. The number of hydrogen-bond donors (Lipinski definition) is 0. The van der Waals surface area contributed by atoms with E-state index in [2.05, 4.69) is 9.84 Å². The second-order valence-electron chi connectivity index (χ2n) is 2.85. The van der Waals surface area contributed by atoms with Crippen LogP contribution in [0.25, 0.3) is 0 Å². The molecule has 0 amide bonds. The Morgan fingerprint density at radius 1 is 1.53 bits per heavy atom. The second-order valence-corrected chi connectivity index (χ2v) is 5.04. The van der Waals surface area contributed by atoms with Crippen LogP contribution in [0, 0.1) is 6.92 Å². The van der Waals surface area contributed by atoms with E-state index in [1.165, 1.54) is 6.92 Å². The Morgan fingerprint density at radius 2 is 2.07 bits per heavy atom. The number of aryl methyl sites for hydroxylation is 1. The van der Waals surface area contributed by atoms with Crippen LogP contribution in [-0.2, 0) is 14.8 Å². The molecular weight excluding hydrogens is 244 g/mol. The number of ether oxygens (including phenoxy) is 1. The van der Waals surface area contributed by atoms with Crippen molar-refractivity contribution in [3.05, 3.63) is 16.4 Å². The first kappa shape index (κ1) is 12.0. The molecule has 0 aliphatic rings. The highest BCUT2D eigenvalue weighted by molar-refractivity contribution is 7.89. The van der Waals surface area contributed by atoms with Crippen LogP contribution in [0.3, 0.4) is 0 Å². The lowest BCUT2D eigenvalue weighted by molar-refractivity contribution is 0.0592. The van der Waals surface area contributed by atoms with E-state index in [9.17, 15) is 13.2 Å². The van der Waals surface area contributed by atoms with E-state index in [0.717, 1.165) is 13.4 Å². The maximum atomic E-state index is 11.3. The van der Waals surface area contributed by atoms with Gasteiger partial charge in [-0.25, -0.2) is 13.2 Å². The summed E-state index contributed by atoms with van der Waals surface area (Å²) in [5.41, 5.74) is -0.0262. The lowest BCUT2D eigenvalue weighted by Gasteiger charge is -2.02. The average Bonchev–Trinajstić information content (AvgIpc) is 2.42. The van der Waals surface area contributed by atoms with Crippen molar-refractivity contribution in [1.82, 2.24) is 9.19 Å². The molecule has 0 unspecified atom stereocenters. The Labute approximate surface area is 91.8 Å². The Morgan fingerprint density at radius 3 is 2.47 bits per heavy atom. The third-order valence-corrected chi connectivity index (χ3v) is 3.00. The summed E-state index contributed by atoms with van der Waals surface area (Å²) in [4.78, 5) is 11.3. The van der Waals surface area contributed by atoms with Gasteiger partial charge in [-0.1, -0.05) is 11.6 Å². The second kappa shape index (κ2) is 3.82. The number of aromatic nitrogens is 2. The van der Waals surface area contributed by atoms with Crippen molar-refractivity contribution in [2.75, 3.05) is 13.4 Å². The number of nitrogens with zero attached hydrogens (tertiary/aromatic N) is 2. The molecule has 1 rings (SSSR count). The minimum absolute atomic E-state index is 0.0210. The van der Waals surface area contributed by atoms with Crippen LogP contribution in [0.15, 0.2) is 0 Å². The zero-order valence-corrected chi connectivity index (χ0v) is 9.89. The number of esters is 1. The highest BCUT2D eigenvalue weighted by Crippen LogP contribution is 2.21. The van der Waals surface area contributed by atoms with Crippen LogP contribution in [-0.4, -0.2) is 36.9 Å². The molecule has 0 aliphatic heterocycles. The fourth-order valence-corrected chi connectivity index (χ4v) is 2.00. The van der Waals surface area contributed by atoms with E-state index in [1.807, 2.05) is 0 Å². The van der Waals surface area contributed by atoms with Gasteiger partial charge in [0.05, 0.1) is 24.1 Å². The average molecular weight is 253 g/mol. The van der Waals surface area contributed by atoms with Gasteiger partial charge < -0.3 is 4.74 Å². The molecule has 0 aromatic carbocycles. The first-order chi connectivity index (χ1) is 6.79. The molecule has 15 heavy (non-hydrogen) atoms. The molecule has 0 saturated heterocycles. The number of rotatable bonds is 2. The van der Waals surface area contributed by atoms with Crippen molar-refractivity contribution in [1.29, 1.82) is 0 Å². The van der Waals surface area contributed by atoms with Crippen LogP contribution in [0.5, 0.6) is 0 Å². The van der Waals surface area contributed by atoms with Gasteiger partial charge in [-0.15, -0.1) is 4.09 Å². The quantitative estimate of drug-likeness (QED) is 0.714. The number of hydrogen-bond acceptors (Lipinski definition) is 5. The fraction of sp³-hybridized carbons (Fsp3) is 0.429. The van der Waals surface area contributed by atoms with Gasteiger partial charge in [0.2, 0.25) is 0 Å². The molecule has 8 heteroatoms. The van der Waals surface area contributed by atoms with Gasteiger partial charge in [0.25, 0.3) is 10.0 Å². The molecule has 1 aromatic rings. The Balaban J connectivity index is 3.55. The van der Waals surface area contributed by atoms with Gasteiger partial charge in [0.1, 0.15) is 0 Å². The maximum Gasteiger partial charge on any atom is 0.359 e. The topological polar surface area (TPSA) is 78.3 Å². The molecule has 0 aliphatic carbocycles. The van der Waals surface area contributed by atoms with Crippen molar-refractivity contribution in [3.63, 3.8) is 0 Å². The van der Waals surface area contributed by atoms with E-state index in [4.69, 9.17) is 11.6 Å². The molecule has 1 aromatic heterocycles. The first-order valence-corrected chi connectivity index (χ1v) is 6.05. The van der Waals surface area contributed by atoms with E-state index < -0.39 is 16.0 Å². The first-order valence-electron chi connectivity index (χ1n) is 3.83. The van der Waals surface area contributed by atoms with E-state index >= 15 is 0 Å². The molecule has 6 nitrogen and oxygen atoms in total. The summed E-state index contributed by atoms with van der Waals surface area (Å²) < 4.78 is 27.5. The Hall–Kier alpha value is -1.08. The normalized spacial score (nSPS) is 11.5. The van der Waals surface area contributed by atoms with E-state index in [1.54, 1.807) is 0 Å². The SMILES string of the molecule is COC(=O)c1c(Cl)c(C)nn1S(C)(=O)=O. The fourth-order valence-electron chi connectivity index (χ4n) is 0.990. The van der Waals surface area contributed by atoms with Crippen molar-refractivity contribution in [3.8, 4) is 0 Å². The van der Waals surface area contributed by atoms with E-state index in [0.29, 0.717) is 4.09 Å². The molecule has 0 bridgehead atoms. The highest BCUT2D eigenvalue weighted by atomic mass is 35.5. The van der Waals surface area contributed by atoms with Crippen LogP contribution in [0.2, 0.25) is 5.02 Å². The number of methoxy groups -OCH3 is 1. The molecule has 0 atom stereocenters. The minimum Gasteiger partial charge on any atom is -0.464 e. The van der Waals surface area contributed by atoms with E-state index in [-0.39, 0.29) is 16.4 Å². The number of carbonyl (C=O) groups is 1. The van der Waals surface area contributed by atoms with Crippen molar-refractivity contribution in [2.24, 2.45) is 0 Å². The zero-order chi connectivity index (χ0) is 11.8. The molecule has 0 N–H and O–H groups in total. The lowest BCUT2D eigenvalue weighted by Crippen LogP contribution is -2.19. The predicted octanol–water partition coefficient (Wildman–Crippen LogP) is 0.439. The van der Waals surface area contributed by atoms with Gasteiger partial charge in [-0.05, 0) is 6.92 Å². The largest absolute Gasteiger partial charge is 0.464 e. The summed E-state index contributed by atoms with van der Waals surface area (Å²) in [5, 5.41) is 3.63. The summed E-state index contributed by atoms with van der Waals surface area (Å²) in [6.07, 6.45) is 0.919. The third kappa shape index (κ3) is 2.13. The van der Waals surface area contributed by atoms with Gasteiger partial charge in [-0.3, -0.25) is 0 Å². The number of halogens is 1. The van der Waals surface area contributed by atoms with Crippen molar-refractivity contribution >= 4 is 27.6 Å². The predicted molar refractivity (Wildman–Crippen MR) is 53.6 cm³/mol. The van der Waals surface area contributed by atoms with Gasteiger partial charge in [0, 0.05) is 0 Å². The molecule has 1 heterocycles. The standard InChI is InChI=1S/C7H9ClN2O4S/c1-4-5(8)6(7(11)14-2)10(9-4)15(3,12)13/h1-3H3. The van der Waals surface area contributed by atoms with Crippen LogP contribution in [0.1, 0.15) is 16.2 Å². The van der Waals surface area contributed by atoms with Crippen LogP contribution < -0.4 is 0 Å². The van der Waals surface area contributed by atoms with Crippen molar-refractivity contribution < 1.29 is 17.9 Å². The molecule has 0 radical (unpaired) electrons. The van der Waals surface area contributed by atoms with Crippen LogP contribution in [0.4, 0.5) is 0 Å². The van der Waals surface area contributed by atoms with Gasteiger partial charge in [0.15, 0.2) is 5.69 Å². The zero-order valence-electron chi connectivity index (χ0n) is 8.31. The summed E-state index contributed by atoms with van der Waals surface area (Å²) >= 11 is 5.74. The molecule has 84 valence electrons. The van der Waals surface area contributed by atoms with Gasteiger partial charge in [-0.2, -0.15) is 5.10 Å². The smallest absolute Gasteiger partial charge is 0.359 e. The molecule has 0 saturated carbocycles.